The molecule has 23 heavy (non-hydrogen) atoms. The lowest BCUT2D eigenvalue weighted by atomic mass is 10.1. The molecule has 2 aromatic rings. The number of amides is 1. The van der Waals surface area contributed by atoms with Crippen molar-refractivity contribution < 1.29 is 9.90 Å². The van der Waals surface area contributed by atoms with Gasteiger partial charge in [0, 0.05) is 10.0 Å². The van der Waals surface area contributed by atoms with Crippen LogP contribution in [0.2, 0.25) is 0 Å². The predicted molar refractivity (Wildman–Crippen MR) is 98.2 cm³/mol. The number of benzene rings is 2. The average Bonchev–Trinajstić information content (AvgIpc) is 2.78. The van der Waals surface area contributed by atoms with E-state index in [-0.39, 0.29) is 11.7 Å². The summed E-state index contributed by atoms with van der Waals surface area (Å²) in [6, 6.07) is 12.6. The van der Waals surface area contributed by atoms with Gasteiger partial charge in [-0.2, -0.15) is 0 Å². The van der Waals surface area contributed by atoms with Crippen molar-refractivity contribution in [3.63, 3.8) is 0 Å². The molecule has 1 aliphatic rings. The molecule has 6 heteroatoms. The number of rotatable bonds is 2. The highest BCUT2D eigenvalue weighted by atomic mass is 79.9. The quantitative estimate of drug-likeness (QED) is 0.607. The fraction of sp³-hybridized carbons (Fsp3) is 0.0588. The third-order valence-electron chi connectivity index (χ3n) is 3.52. The van der Waals surface area contributed by atoms with E-state index < -0.39 is 0 Å². The first-order chi connectivity index (χ1) is 11.0. The van der Waals surface area contributed by atoms with Crippen molar-refractivity contribution in [3.8, 4) is 5.75 Å². The Hall–Kier alpha value is -2.18. The maximum absolute atomic E-state index is 12.7. The van der Waals surface area contributed by atoms with Gasteiger partial charge in [0.15, 0.2) is 5.11 Å². The van der Waals surface area contributed by atoms with Gasteiger partial charge in [-0.05, 0) is 55.0 Å². The number of nitrogens with zero attached hydrogens (tertiary/aromatic N) is 1. The number of hydrogen-bond donors (Lipinski definition) is 2. The second kappa shape index (κ2) is 6.14. The Morgan fingerprint density at radius 1 is 1.26 bits per heavy atom. The van der Waals surface area contributed by atoms with Crippen LogP contribution in [0.25, 0.3) is 6.08 Å². The highest BCUT2D eigenvalue weighted by Crippen LogP contribution is 2.28. The van der Waals surface area contributed by atoms with Gasteiger partial charge in [-0.25, -0.2) is 0 Å². The second-order valence-electron chi connectivity index (χ2n) is 5.12. The third kappa shape index (κ3) is 3.00. The summed E-state index contributed by atoms with van der Waals surface area (Å²) >= 11 is 8.64. The Morgan fingerprint density at radius 3 is 2.74 bits per heavy atom. The molecule has 0 aromatic heterocycles. The van der Waals surface area contributed by atoms with E-state index in [1.165, 1.54) is 4.90 Å². The van der Waals surface area contributed by atoms with E-state index in [0.717, 1.165) is 15.7 Å². The van der Waals surface area contributed by atoms with E-state index in [2.05, 4.69) is 21.2 Å². The molecule has 1 saturated heterocycles. The fourth-order valence-electron chi connectivity index (χ4n) is 2.36. The van der Waals surface area contributed by atoms with Gasteiger partial charge in [-0.15, -0.1) is 0 Å². The molecule has 0 bridgehead atoms. The first kappa shape index (κ1) is 15.7. The minimum atomic E-state index is -0.247. The number of hydrogen-bond acceptors (Lipinski definition) is 3. The van der Waals surface area contributed by atoms with Crippen molar-refractivity contribution in [1.29, 1.82) is 0 Å². The van der Waals surface area contributed by atoms with Crippen LogP contribution in [0.3, 0.4) is 0 Å². The molecular weight excluding hydrogens is 376 g/mol. The summed E-state index contributed by atoms with van der Waals surface area (Å²) in [7, 11) is 0. The topological polar surface area (TPSA) is 52.6 Å². The molecule has 0 aliphatic carbocycles. The van der Waals surface area contributed by atoms with E-state index in [9.17, 15) is 9.90 Å². The largest absolute Gasteiger partial charge is 0.507 e. The molecule has 1 amide bonds. The van der Waals surface area contributed by atoms with Crippen LogP contribution in [-0.4, -0.2) is 16.1 Å². The van der Waals surface area contributed by atoms with Gasteiger partial charge >= 0.3 is 0 Å². The zero-order valence-corrected chi connectivity index (χ0v) is 14.6. The first-order valence-electron chi connectivity index (χ1n) is 6.88. The Labute approximate surface area is 147 Å². The molecule has 1 heterocycles. The van der Waals surface area contributed by atoms with E-state index in [0.29, 0.717) is 16.4 Å². The maximum Gasteiger partial charge on any atom is 0.281 e. The number of aromatic hydroxyl groups is 1. The lowest BCUT2D eigenvalue weighted by Crippen LogP contribution is -2.30. The van der Waals surface area contributed by atoms with Gasteiger partial charge in [-0.3, -0.25) is 9.69 Å². The predicted octanol–water partition coefficient (Wildman–Crippen LogP) is 3.73. The monoisotopic (exact) mass is 388 g/mol. The molecule has 4 nitrogen and oxygen atoms in total. The Kier molecular flexibility index (Phi) is 4.19. The van der Waals surface area contributed by atoms with E-state index in [1.807, 2.05) is 31.2 Å². The van der Waals surface area contributed by atoms with Crippen molar-refractivity contribution in [3.05, 3.63) is 63.8 Å². The van der Waals surface area contributed by atoms with Crippen molar-refractivity contribution in [1.82, 2.24) is 5.32 Å². The number of anilines is 1. The van der Waals surface area contributed by atoms with Gasteiger partial charge in [0.25, 0.3) is 5.91 Å². The molecule has 1 fully saturated rings. The molecule has 0 atom stereocenters. The number of carbonyl (C=O) groups excluding carboxylic acids is 1. The second-order valence-corrected chi connectivity index (χ2v) is 6.42. The Morgan fingerprint density at radius 2 is 2.00 bits per heavy atom. The van der Waals surface area contributed by atoms with Crippen LogP contribution in [0.5, 0.6) is 5.75 Å². The van der Waals surface area contributed by atoms with Crippen molar-refractivity contribution in [2.45, 2.75) is 6.92 Å². The number of aryl methyl sites for hydroxylation is 1. The number of para-hydroxylation sites is 1. The number of phenols is 1. The highest BCUT2D eigenvalue weighted by Gasteiger charge is 2.32. The number of carbonyl (C=O) groups is 1. The molecule has 0 spiro atoms. The SMILES string of the molecule is Cc1ccccc1N1C(=O)/C(=C\c2cc(Br)ccc2O)NC1=S. The van der Waals surface area contributed by atoms with Crippen molar-refractivity contribution in [2.75, 3.05) is 4.90 Å². The molecule has 0 radical (unpaired) electrons. The van der Waals surface area contributed by atoms with Crippen LogP contribution < -0.4 is 10.2 Å². The highest BCUT2D eigenvalue weighted by molar-refractivity contribution is 9.10. The molecule has 3 rings (SSSR count). The third-order valence-corrected chi connectivity index (χ3v) is 4.30. The zero-order chi connectivity index (χ0) is 16.6. The van der Waals surface area contributed by atoms with Gasteiger partial charge in [0.05, 0.1) is 5.69 Å². The van der Waals surface area contributed by atoms with Gasteiger partial charge in [-0.1, -0.05) is 34.1 Å². The van der Waals surface area contributed by atoms with Crippen LogP contribution in [0, 0.1) is 6.92 Å². The molecular formula is C17H13BrN2O2S. The number of thiocarbonyl (C=S) groups is 1. The smallest absolute Gasteiger partial charge is 0.281 e. The number of phenolic OH excluding ortho intramolecular Hbond substituents is 1. The lowest BCUT2D eigenvalue weighted by Gasteiger charge is -2.16. The van der Waals surface area contributed by atoms with E-state index >= 15 is 0 Å². The summed E-state index contributed by atoms with van der Waals surface area (Å²) in [5.41, 5.74) is 2.56. The standard InChI is InChI=1S/C17H13BrN2O2S/c1-10-4-2-3-5-14(10)20-16(22)13(19-17(20)23)9-11-8-12(18)6-7-15(11)21/h2-9,21H,1H3,(H,19,23)/b13-9+. The van der Waals surface area contributed by atoms with Crippen LogP contribution in [0.15, 0.2) is 52.6 Å². The minimum Gasteiger partial charge on any atom is -0.507 e. The van der Waals surface area contributed by atoms with Crippen LogP contribution in [-0.2, 0) is 4.79 Å². The summed E-state index contributed by atoms with van der Waals surface area (Å²) in [6.07, 6.45) is 1.59. The lowest BCUT2D eigenvalue weighted by molar-refractivity contribution is -0.113. The average molecular weight is 389 g/mol. The number of halogens is 1. The van der Waals surface area contributed by atoms with Gasteiger partial charge in [0.1, 0.15) is 11.4 Å². The summed E-state index contributed by atoms with van der Waals surface area (Å²) in [5.74, 6) is -0.153. The van der Waals surface area contributed by atoms with Crippen molar-refractivity contribution in [2.24, 2.45) is 0 Å². The molecule has 2 aromatic carbocycles. The molecule has 2 N–H and O–H groups in total. The molecule has 0 saturated carbocycles. The van der Waals surface area contributed by atoms with Gasteiger partial charge < -0.3 is 10.4 Å². The molecule has 0 unspecified atom stereocenters. The van der Waals surface area contributed by atoms with Crippen LogP contribution in [0.1, 0.15) is 11.1 Å². The first-order valence-corrected chi connectivity index (χ1v) is 8.09. The van der Waals surface area contributed by atoms with Crippen molar-refractivity contribution >= 4 is 50.9 Å². The van der Waals surface area contributed by atoms with Crippen LogP contribution >= 0.6 is 28.1 Å². The minimum absolute atomic E-state index is 0.0931. The summed E-state index contributed by atoms with van der Waals surface area (Å²) in [5, 5.41) is 13.2. The van der Waals surface area contributed by atoms with Crippen LogP contribution in [0.4, 0.5) is 5.69 Å². The van der Waals surface area contributed by atoms with Gasteiger partial charge in [0.2, 0.25) is 0 Å². The normalized spacial score (nSPS) is 16.1. The Balaban J connectivity index is 2.00. The van der Waals surface area contributed by atoms with E-state index in [1.54, 1.807) is 24.3 Å². The Bertz CT molecular complexity index is 848. The summed E-state index contributed by atoms with van der Waals surface area (Å²) in [4.78, 5) is 14.1. The summed E-state index contributed by atoms with van der Waals surface area (Å²) in [6.45, 7) is 1.92. The number of nitrogens with one attached hydrogen (secondary N) is 1. The molecule has 116 valence electrons. The maximum atomic E-state index is 12.7. The van der Waals surface area contributed by atoms with E-state index in [4.69, 9.17) is 12.2 Å². The zero-order valence-electron chi connectivity index (χ0n) is 12.2. The summed E-state index contributed by atoms with van der Waals surface area (Å²) < 4.78 is 0.811. The molecule has 1 aliphatic heterocycles. The fourth-order valence-corrected chi connectivity index (χ4v) is 3.03.